The molecule has 1 fully saturated rings. The highest BCUT2D eigenvalue weighted by Gasteiger charge is 2.28. The van der Waals surface area contributed by atoms with Crippen molar-refractivity contribution in [3.63, 3.8) is 0 Å². The number of hydrogen-bond acceptors (Lipinski definition) is 6. The Morgan fingerprint density at radius 3 is 2.81 bits per heavy atom. The Morgan fingerprint density at radius 1 is 1.22 bits per heavy atom. The van der Waals surface area contributed by atoms with E-state index in [0.717, 1.165) is 47.9 Å². The lowest BCUT2D eigenvalue weighted by Gasteiger charge is -2.32. The van der Waals surface area contributed by atoms with Crippen molar-refractivity contribution in [2.24, 2.45) is 0 Å². The average Bonchev–Trinajstić information content (AvgIpc) is 3.29. The number of oxazole rings is 1. The van der Waals surface area contributed by atoms with Gasteiger partial charge in [-0.15, -0.1) is 0 Å². The van der Waals surface area contributed by atoms with Gasteiger partial charge in [-0.25, -0.2) is 4.98 Å². The van der Waals surface area contributed by atoms with Crippen LogP contribution in [0.15, 0.2) is 59.4 Å². The van der Waals surface area contributed by atoms with Crippen LogP contribution in [0, 0.1) is 0 Å². The van der Waals surface area contributed by atoms with E-state index in [1.165, 1.54) is 0 Å². The van der Waals surface area contributed by atoms with Gasteiger partial charge in [0.2, 0.25) is 5.91 Å². The normalized spacial score (nSPS) is 16.3. The van der Waals surface area contributed by atoms with Gasteiger partial charge in [-0.3, -0.25) is 14.7 Å². The predicted octanol–water partition coefficient (Wildman–Crippen LogP) is 3.51. The van der Waals surface area contributed by atoms with Crippen molar-refractivity contribution >= 4 is 5.91 Å². The molecule has 3 heterocycles. The van der Waals surface area contributed by atoms with E-state index < -0.39 is 0 Å². The number of hydrogen-bond donors (Lipinski definition) is 0. The van der Waals surface area contributed by atoms with Gasteiger partial charge in [-0.1, -0.05) is 18.2 Å². The topological polar surface area (TPSA) is 71.7 Å². The van der Waals surface area contributed by atoms with E-state index in [1.54, 1.807) is 13.3 Å². The molecule has 1 aliphatic heterocycles. The molecule has 1 aromatic carbocycles. The Bertz CT molecular complexity index is 1000. The smallest absolute Gasteiger partial charge is 0.236 e. The van der Waals surface area contributed by atoms with E-state index in [2.05, 4.69) is 9.97 Å². The summed E-state index contributed by atoms with van der Waals surface area (Å²) in [5, 5.41) is 0. The number of nitrogens with zero attached hydrogens (tertiary/aromatic N) is 4. The van der Waals surface area contributed by atoms with Crippen molar-refractivity contribution in [2.75, 3.05) is 33.8 Å². The summed E-state index contributed by atoms with van der Waals surface area (Å²) in [6.07, 6.45) is 8.03. The van der Waals surface area contributed by atoms with Gasteiger partial charge in [0.05, 0.1) is 25.8 Å². The summed E-state index contributed by atoms with van der Waals surface area (Å²) in [6.45, 7) is 2.53. The highest BCUT2D eigenvalue weighted by atomic mass is 16.5. The lowest BCUT2D eigenvalue weighted by molar-refractivity contribution is -0.133. The Labute approximate surface area is 189 Å². The molecular formula is C25H30N4O3. The van der Waals surface area contributed by atoms with Gasteiger partial charge in [-0.2, -0.15) is 0 Å². The number of carbonyl (C=O) groups excluding carboxylic acids is 1. The van der Waals surface area contributed by atoms with Crippen LogP contribution in [0.5, 0.6) is 5.75 Å². The second-order valence-electron chi connectivity index (χ2n) is 8.40. The number of ether oxygens (including phenoxy) is 1. The Morgan fingerprint density at radius 2 is 2.06 bits per heavy atom. The predicted molar refractivity (Wildman–Crippen MR) is 121 cm³/mol. The molecule has 0 bridgehead atoms. The fraction of sp³-hybridized carbons (Fsp3) is 0.400. The van der Waals surface area contributed by atoms with Crippen molar-refractivity contribution in [3.05, 3.63) is 77.8 Å². The maximum Gasteiger partial charge on any atom is 0.236 e. The molecule has 0 radical (unpaired) electrons. The van der Waals surface area contributed by atoms with Crippen LogP contribution in [-0.4, -0.2) is 59.5 Å². The van der Waals surface area contributed by atoms with Crippen molar-refractivity contribution in [2.45, 2.75) is 31.7 Å². The standard InChI is InChI=1S/C25H30N4O3/c1-28(16-20-5-3-11-26-14-20)18-24(30)29-12-4-6-21(17-29)25-27-15-23(32-25)13-19-7-9-22(31-2)10-8-19/h3,5,7-11,14-15,21H,4,6,12-13,16-18H2,1-2H3/t21-/m0/s1. The lowest BCUT2D eigenvalue weighted by Crippen LogP contribution is -2.43. The molecule has 0 aliphatic carbocycles. The maximum atomic E-state index is 12.9. The van der Waals surface area contributed by atoms with Crippen LogP contribution in [-0.2, 0) is 17.8 Å². The number of aromatic nitrogens is 2. The lowest BCUT2D eigenvalue weighted by atomic mass is 9.98. The van der Waals surface area contributed by atoms with E-state index in [4.69, 9.17) is 9.15 Å². The Hall–Kier alpha value is -3.19. The molecule has 2 aromatic heterocycles. The molecule has 0 saturated carbocycles. The number of rotatable bonds is 8. The largest absolute Gasteiger partial charge is 0.497 e. The fourth-order valence-electron chi connectivity index (χ4n) is 4.13. The third-order valence-corrected chi connectivity index (χ3v) is 5.81. The van der Waals surface area contributed by atoms with Gasteiger partial charge in [0.25, 0.3) is 0 Å². The number of piperidine rings is 1. The highest BCUT2D eigenvalue weighted by Crippen LogP contribution is 2.27. The molecule has 7 heteroatoms. The maximum absolute atomic E-state index is 12.9. The summed E-state index contributed by atoms with van der Waals surface area (Å²) in [6, 6.07) is 11.9. The quantitative estimate of drug-likeness (QED) is 0.540. The minimum atomic E-state index is 0.140. The minimum absolute atomic E-state index is 0.140. The molecule has 0 spiro atoms. The zero-order chi connectivity index (χ0) is 22.3. The summed E-state index contributed by atoms with van der Waals surface area (Å²) >= 11 is 0. The van der Waals surface area contributed by atoms with E-state index in [9.17, 15) is 4.79 Å². The molecular weight excluding hydrogens is 404 g/mol. The number of likely N-dealkylation sites (tertiary alicyclic amines) is 1. The zero-order valence-corrected chi connectivity index (χ0v) is 18.7. The molecule has 0 unspecified atom stereocenters. The molecule has 1 amide bonds. The van der Waals surface area contributed by atoms with Crippen LogP contribution in [0.2, 0.25) is 0 Å². The van der Waals surface area contributed by atoms with Crippen LogP contribution in [0.1, 0.15) is 41.5 Å². The molecule has 7 nitrogen and oxygen atoms in total. The van der Waals surface area contributed by atoms with Crippen LogP contribution in [0.25, 0.3) is 0 Å². The summed E-state index contributed by atoms with van der Waals surface area (Å²) in [5.74, 6) is 2.69. The molecule has 1 saturated heterocycles. The number of methoxy groups -OCH3 is 1. The summed E-state index contributed by atoms with van der Waals surface area (Å²) in [5.41, 5.74) is 2.24. The second kappa shape index (κ2) is 10.4. The zero-order valence-electron chi connectivity index (χ0n) is 18.7. The van der Waals surface area contributed by atoms with Crippen LogP contribution in [0.4, 0.5) is 0 Å². The van der Waals surface area contributed by atoms with Gasteiger partial charge in [0.15, 0.2) is 5.89 Å². The van der Waals surface area contributed by atoms with Gasteiger partial charge < -0.3 is 14.1 Å². The molecule has 1 atom stereocenters. The van der Waals surface area contributed by atoms with Crippen molar-refractivity contribution in [3.8, 4) is 5.75 Å². The number of amides is 1. The van der Waals surface area contributed by atoms with Crippen molar-refractivity contribution in [1.29, 1.82) is 0 Å². The number of carbonyl (C=O) groups is 1. The number of benzene rings is 1. The first-order chi connectivity index (χ1) is 15.6. The summed E-state index contributed by atoms with van der Waals surface area (Å²) in [4.78, 5) is 25.5. The molecule has 0 N–H and O–H groups in total. The summed E-state index contributed by atoms with van der Waals surface area (Å²) < 4.78 is 11.3. The first kappa shape index (κ1) is 22.0. The average molecular weight is 435 g/mol. The Kier molecular flexibility index (Phi) is 7.17. The van der Waals surface area contributed by atoms with E-state index in [1.807, 2.05) is 65.6 Å². The number of likely N-dealkylation sites (N-methyl/N-ethyl adjacent to an activating group) is 1. The first-order valence-electron chi connectivity index (χ1n) is 11.0. The van der Waals surface area contributed by atoms with E-state index in [-0.39, 0.29) is 11.8 Å². The highest BCUT2D eigenvalue weighted by molar-refractivity contribution is 5.78. The van der Waals surface area contributed by atoms with Crippen LogP contribution < -0.4 is 4.74 Å². The second-order valence-corrected chi connectivity index (χ2v) is 8.40. The Balaban J connectivity index is 1.31. The molecule has 1 aliphatic rings. The van der Waals surface area contributed by atoms with Crippen LogP contribution in [0.3, 0.4) is 0 Å². The fourth-order valence-corrected chi connectivity index (χ4v) is 4.13. The third-order valence-electron chi connectivity index (χ3n) is 5.81. The van der Waals surface area contributed by atoms with Crippen molar-refractivity contribution < 1.29 is 13.9 Å². The van der Waals surface area contributed by atoms with Gasteiger partial charge >= 0.3 is 0 Å². The van der Waals surface area contributed by atoms with Gasteiger partial charge in [0, 0.05) is 38.4 Å². The van der Waals surface area contributed by atoms with E-state index >= 15 is 0 Å². The molecule has 32 heavy (non-hydrogen) atoms. The van der Waals surface area contributed by atoms with Gasteiger partial charge in [0.1, 0.15) is 11.5 Å². The monoisotopic (exact) mass is 434 g/mol. The van der Waals surface area contributed by atoms with Crippen molar-refractivity contribution in [1.82, 2.24) is 19.8 Å². The minimum Gasteiger partial charge on any atom is -0.497 e. The number of pyridine rings is 1. The first-order valence-corrected chi connectivity index (χ1v) is 11.0. The SMILES string of the molecule is COc1ccc(Cc2cnc([C@H]3CCCN(C(=O)CN(C)Cc4cccnc4)C3)o2)cc1. The van der Waals surface area contributed by atoms with Crippen LogP contribution >= 0.6 is 0 Å². The van der Waals surface area contributed by atoms with E-state index in [0.29, 0.717) is 26.1 Å². The molecule has 168 valence electrons. The third kappa shape index (κ3) is 5.73. The van der Waals surface area contributed by atoms with Gasteiger partial charge in [-0.05, 0) is 49.2 Å². The summed E-state index contributed by atoms with van der Waals surface area (Å²) in [7, 11) is 3.63. The molecule has 3 aromatic rings. The molecule has 4 rings (SSSR count).